The van der Waals surface area contributed by atoms with E-state index in [1.165, 1.54) is 10.7 Å². The monoisotopic (exact) mass is 398 g/mol. The molecule has 0 aliphatic heterocycles. The average molecular weight is 398 g/mol. The Kier molecular flexibility index (Phi) is 5.41. The van der Waals surface area contributed by atoms with Crippen LogP contribution in [0.15, 0.2) is 21.5 Å². The largest absolute Gasteiger partial charge is 0.361 e. The zero-order valence-electron chi connectivity index (χ0n) is 17.6. The number of aromatic nitrogens is 5. The van der Waals surface area contributed by atoms with E-state index in [-0.39, 0.29) is 29.3 Å². The van der Waals surface area contributed by atoms with Crippen molar-refractivity contribution in [3.8, 4) is 5.95 Å². The molecule has 3 heterocycles. The van der Waals surface area contributed by atoms with Gasteiger partial charge in [-0.1, -0.05) is 25.9 Å². The van der Waals surface area contributed by atoms with Gasteiger partial charge in [0.1, 0.15) is 11.6 Å². The lowest BCUT2D eigenvalue weighted by Gasteiger charge is -2.13. The molecule has 0 saturated heterocycles. The van der Waals surface area contributed by atoms with E-state index < -0.39 is 0 Å². The summed E-state index contributed by atoms with van der Waals surface area (Å²) in [5, 5.41) is 11.4. The molecular formula is C20H26N6O3. The van der Waals surface area contributed by atoms with Gasteiger partial charge < -0.3 is 9.84 Å². The fourth-order valence-corrected chi connectivity index (χ4v) is 2.96. The van der Waals surface area contributed by atoms with E-state index in [1.54, 1.807) is 13.0 Å². The Morgan fingerprint density at radius 1 is 1.24 bits per heavy atom. The van der Waals surface area contributed by atoms with Crippen LogP contribution >= 0.6 is 0 Å². The lowest BCUT2D eigenvalue weighted by Crippen LogP contribution is -2.19. The molecular weight excluding hydrogens is 372 g/mol. The van der Waals surface area contributed by atoms with E-state index in [1.807, 2.05) is 34.6 Å². The molecule has 0 aromatic carbocycles. The van der Waals surface area contributed by atoms with Crippen molar-refractivity contribution in [1.29, 1.82) is 0 Å². The van der Waals surface area contributed by atoms with E-state index in [9.17, 15) is 9.59 Å². The van der Waals surface area contributed by atoms with E-state index in [2.05, 4.69) is 25.5 Å². The first-order chi connectivity index (χ1) is 13.5. The van der Waals surface area contributed by atoms with Gasteiger partial charge in [-0.05, 0) is 27.2 Å². The Hall–Kier alpha value is -3.23. The predicted molar refractivity (Wildman–Crippen MR) is 108 cm³/mol. The molecule has 1 amide bonds. The number of nitrogens with one attached hydrogen (secondary N) is 2. The number of hydrogen-bond donors (Lipinski definition) is 2. The number of rotatable bonds is 5. The summed E-state index contributed by atoms with van der Waals surface area (Å²) in [7, 11) is 0. The van der Waals surface area contributed by atoms with Crippen LogP contribution in [0.1, 0.15) is 55.6 Å². The molecule has 0 fully saturated rings. The molecule has 3 aromatic rings. The standard InChI is InChI=1S/C20H26N6O3/c1-11-9-18(28)23-19(21-11)26-16(10-15(24-26)20(4,5)6)22-17(27)8-7-14-12(2)25-29-13(14)3/h9-10H,7-8H2,1-6H3,(H,22,27)(H,21,23,28). The van der Waals surface area contributed by atoms with Crippen LogP contribution in [0, 0.1) is 20.8 Å². The second kappa shape index (κ2) is 7.65. The maximum atomic E-state index is 12.6. The first-order valence-electron chi connectivity index (χ1n) is 9.45. The van der Waals surface area contributed by atoms with Crippen LogP contribution in [-0.2, 0) is 16.6 Å². The van der Waals surface area contributed by atoms with Crippen molar-refractivity contribution in [2.24, 2.45) is 0 Å². The summed E-state index contributed by atoms with van der Waals surface area (Å²) in [6.45, 7) is 11.5. The highest BCUT2D eigenvalue weighted by molar-refractivity contribution is 5.90. The third kappa shape index (κ3) is 4.61. The zero-order valence-corrected chi connectivity index (χ0v) is 17.6. The Balaban J connectivity index is 1.88. The molecule has 0 atom stereocenters. The number of H-pyrrole nitrogens is 1. The number of hydrogen-bond acceptors (Lipinski definition) is 6. The smallest absolute Gasteiger partial charge is 0.252 e. The first kappa shape index (κ1) is 20.5. The van der Waals surface area contributed by atoms with Crippen LogP contribution in [0.25, 0.3) is 5.95 Å². The topological polar surface area (TPSA) is 119 Å². The summed E-state index contributed by atoms with van der Waals surface area (Å²) in [4.78, 5) is 31.5. The van der Waals surface area contributed by atoms with Gasteiger partial charge in [0, 0.05) is 35.2 Å². The van der Waals surface area contributed by atoms with Crippen LogP contribution in [-0.4, -0.2) is 30.8 Å². The minimum atomic E-state index is -0.281. The van der Waals surface area contributed by atoms with E-state index in [0.29, 0.717) is 17.9 Å². The van der Waals surface area contributed by atoms with Crippen molar-refractivity contribution in [2.45, 2.75) is 59.8 Å². The van der Waals surface area contributed by atoms with Crippen LogP contribution in [0.2, 0.25) is 0 Å². The number of amides is 1. The van der Waals surface area contributed by atoms with Crippen molar-refractivity contribution in [2.75, 3.05) is 5.32 Å². The van der Waals surface area contributed by atoms with Gasteiger partial charge in [-0.2, -0.15) is 9.78 Å². The molecule has 0 aliphatic carbocycles. The summed E-state index contributed by atoms with van der Waals surface area (Å²) in [5.41, 5.74) is 2.53. The van der Waals surface area contributed by atoms with Crippen LogP contribution in [0.4, 0.5) is 5.82 Å². The molecule has 3 aromatic heterocycles. The summed E-state index contributed by atoms with van der Waals surface area (Å²) in [5.74, 6) is 1.25. The van der Waals surface area contributed by atoms with Gasteiger partial charge in [0.2, 0.25) is 11.9 Å². The van der Waals surface area contributed by atoms with Crippen LogP contribution in [0.5, 0.6) is 0 Å². The van der Waals surface area contributed by atoms with Gasteiger partial charge in [0.15, 0.2) is 0 Å². The summed E-state index contributed by atoms with van der Waals surface area (Å²) < 4.78 is 6.61. The van der Waals surface area contributed by atoms with Gasteiger partial charge in [0.25, 0.3) is 5.56 Å². The SMILES string of the molecule is Cc1cc(=O)[nH]c(-n2nc(C(C)(C)C)cc2NC(=O)CCc2c(C)noc2C)n1. The summed E-state index contributed by atoms with van der Waals surface area (Å²) in [6.07, 6.45) is 0.781. The lowest BCUT2D eigenvalue weighted by molar-refractivity contribution is -0.116. The second-order valence-electron chi connectivity index (χ2n) is 8.14. The normalized spacial score (nSPS) is 11.7. The number of aromatic amines is 1. The maximum Gasteiger partial charge on any atom is 0.252 e. The van der Waals surface area contributed by atoms with Gasteiger partial charge in [-0.15, -0.1) is 0 Å². The molecule has 29 heavy (non-hydrogen) atoms. The molecule has 0 saturated carbocycles. The minimum Gasteiger partial charge on any atom is -0.361 e. The van der Waals surface area contributed by atoms with Gasteiger partial charge in [0.05, 0.1) is 11.4 Å². The van der Waals surface area contributed by atoms with E-state index in [4.69, 9.17) is 4.52 Å². The quantitative estimate of drug-likeness (QED) is 0.682. The molecule has 9 nitrogen and oxygen atoms in total. The highest BCUT2D eigenvalue weighted by Gasteiger charge is 2.22. The van der Waals surface area contributed by atoms with Crippen molar-refractivity contribution < 1.29 is 9.32 Å². The minimum absolute atomic E-state index is 0.179. The third-order valence-electron chi connectivity index (χ3n) is 4.59. The molecule has 3 rings (SSSR count). The van der Waals surface area contributed by atoms with Gasteiger partial charge in [-0.25, -0.2) is 4.98 Å². The molecule has 0 bridgehead atoms. The molecule has 0 unspecified atom stereocenters. The fourth-order valence-electron chi connectivity index (χ4n) is 2.96. The van der Waals surface area contributed by atoms with E-state index in [0.717, 1.165) is 22.7 Å². The van der Waals surface area contributed by atoms with Crippen LogP contribution in [0.3, 0.4) is 0 Å². The summed E-state index contributed by atoms with van der Waals surface area (Å²) >= 11 is 0. The van der Waals surface area contributed by atoms with Crippen molar-refractivity contribution in [3.05, 3.63) is 50.9 Å². The third-order valence-corrected chi connectivity index (χ3v) is 4.59. The first-order valence-corrected chi connectivity index (χ1v) is 9.45. The Morgan fingerprint density at radius 2 is 1.97 bits per heavy atom. The number of nitrogens with zero attached hydrogens (tertiary/aromatic N) is 4. The lowest BCUT2D eigenvalue weighted by atomic mass is 9.92. The number of carbonyl (C=O) groups is 1. The molecule has 0 spiro atoms. The number of aryl methyl sites for hydroxylation is 3. The fraction of sp³-hybridized carbons (Fsp3) is 0.450. The number of carbonyl (C=O) groups excluding carboxylic acids is 1. The highest BCUT2D eigenvalue weighted by Crippen LogP contribution is 2.25. The predicted octanol–water partition coefficient (Wildman–Crippen LogP) is 2.74. The second-order valence-corrected chi connectivity index (χ2v) is 8.14. The van der Waals surface area contributed by atoms with Gasteiger partial charge >= 0.3 is 0 Å². The van der Waals surface area contributed by atoms with Crippen LogP contribution < -0.4 is 10.9 Å². The van der Waals surface area contributed by atoms with Gasteiger partial charge in [-0.3, -0.25) is 14.6 Å². The van der Waals surface area contributed by atoms with E-state index >= 15 is 0 Å². The van der Waals surface area contributed by atoms with Crippen molar-refractivity contribution in [3.63, 3.8) is 0 Å². The highest BCUT2D eigenvalue weighted by atomic mass is 16.5. The Labute approximate surface area is 168 Å². The molecule has 2 N–H and O–H groups in total. The van der Waals surface area contributed by atoms with Crippen molar-refractivity contribution in [1.82, 2.24) is 24.9 Å². The Bertz CT molecular complexity index is 1080. The maximum absolute atomic E-state index is 12.6. The summed E-state index contributed by atoms with van der Waals surface area (Å²) in [6, 6.07) is 3.20. The molecule has 0 radical (unpaired) electrons. The Morgan fingerprint density at radius 3 is 2.55 bits per heavy atom. The molecule has 9 heteroatoms. The zero-order chi connectivity index (χ0) is 21.3. The average Bonchev–Trinajstić information content (AvgIpc) is 3.16. The number of anilines is 1. The molecule has 154 valence electrons. The molecule has 0 aliphatic rings. The van der Waals surface area contributed by atoms with Crippen molar-refractivity contribution >= 4 is 11.7 Å².